The number of fused-ring (bicyclic) bond motifs is 1. The van der Waals surface area contributed by atoms with Crippen LogP contribution in [-0.2, 0) is 9.59 Å². The van der Waals surface area contributed by atoms with Crippen molar-refractivity contribution in [2.24, 2.45) is 0 Å². The molecule has 0 saturated carbocycles. The summed E-state index contributed by atoms with van der Waals surface area (Å²) < 4.78 is 5.36. The van der Waals surface area contributed by atoms with Crippen LogP contribution in [0.4, 0.5) is 10.8 Å². The van der Waals surface area contributed by atoms with Gasteiger partial charge in [-0.05, 0) is 65.4 Å². The predicted molar refractivity (Wildman–Crippen MR) is 196 cm³/mol. The van der Waals surface area contributed by atoms with E-state index in [4.69, 9.17) is 4.74 Å². The minimum Gasteiger partial charge on any atom is -0.508 e. The Bertz CT molecular complexity index is 2180. The highest BCUT2D eigenvalue weighted by molar-refractivity contribution is 8.00. The summed E-state index contributed by atoms with van der Waals surface area (Å²) in [4.78, 5) is 44.7. The second-order valence-electron chi connectivity index (χ2n) is 10.7. The number of phenols is 1. The number of hydrogen-bond donors (Lipinski definition) is 4. The van der Waals surface area contributed by atoms with Crippen LogP contribution in [0, 0.1) is 0 Å². The Kier molecular flexibility index (Phi) is 10.3. The molecule has 0 radical (unpaired) electrons. The average Bonchev–Trinajstić information content (AvgIpc) is 3.59. The lowest BCUT2D eigenvalue weighted by Gasteiger charge is -2.13. The number of hydrogen-bond acceptors (Lipinski definition) is 8. The highest BCUT2D eigenvalue weighted by Gasteiger charge is 2.17. The maximum absolute atomic E-state index is 13.5. The number of aromatic nitrogens is 1. The van der Waals surface area contributed by atoms with E-state index in [9.17, 15) is 19.5 Å². The van der Waals surface area contributed by atoms with Crippen molar-refractivity contribution in [3.63, 3.8) is 0 Å². The summed E-state index contributed by atoms with van der Waals surface area (Å²) in [6.45, 7) is 0. The fraction of sp³-hybridized carbons (Fsp3) is 0.0526. The topological polar surface area (TPSA) is 130 Å². The number of nitrogens with one attached hydrogen (secondary N) is 3. The Hall–Kier alpha value is -5.91. The lowest BCUT2D eigenvalue weighted by atomic mass is 10.1. The number of thioether (sulfide) groups is 1. The maximum Gasteiger partial charge on any atom is 0.272 e. The number of ether oxygens (including phenoxy) is 1. The number of anilines is 2. The first-order valence-electron chi connectivity index (χ1n) is 15.1. The summed E-state index contributed by atoms with van der Waals surface area (Å²) in [5, 5.41) is 23.0. The van der Waals surface area contributed by atoms with Crippen LogP contribution >= 0.6 is 23.1 Å². The second kappa shape index (κ2) is 15.3. The molecule has 1 heterocycles. The van der Waals surface area contributed by atoms with E-state index in [1.807, 2.05) is 29.6 Å². The Morgan fingerprint density at radius 2 is 1.65 bits per heavy atom. The summed E-state index contributed by atoms with van der Waals surface area (Å²) in [6.07, 6.45) is 1.47. The van der Waals surface area contributed by atoms with Gasteiger partial charge in [0.05, 0.1) is 18.6 Å². The predicted octanol–water partition coefficient (Wildman–Crippen LogP) is 7.82. The van der Waals surface area contributed by atoms with Crippen molar-refractivity contribution in [3.05, 3.63) is 137 Å². The van der Waals surface area contributed by atoms with Crippen molar-refractivity contribution in [1.29, 1.82) is 0 Å². The molecule has 49 heavy (non-hydrogen) atoms. The number of nitrogens with zero attached hydrogens (tertiary/aromatic N) is 1. The molecule has 0 atom stereocenters. The second-order valence-corrected chi connectivity index (χ2v) is 12.6. The van der Waals surface area contributed by atoms with Crippen LogP contribution in [-0.4, -0.2) is 40.7 Å². The smallest absolute Gasteiger partial charge is 0.272 e. The summed E-state index contributed by atoms with van der Waals surface area (Å²) in [7, 11) is 1.44. The van der Waals surface area contributed by atoms with E-state index >= 15 is 0 Å². The molecule has 0 unspecified atom stereocenters. The first kappa shape index (κ1) is 33.0. The molecule has 0 aliphatic rings. The van der Waals surface area contributed by atoms with Gasteiger partial charge in [0.25, 0.3) is 11.8 Å². The molecule has 3 amide bonds. The molecule has 0 fully saturated rings. The normalized spacial score (nSPS) is 11.2. The number of amides is 3. The number of rotatable bonds is 11. The summed E-state index contributed by atoms with van der Waals surface area (Å²) in [5.74, 6) is -0.825. The van der Waals surface area contributed by atoms with Gasteiger partial charge in [0.15, 0.2) is 5.13 Å². The molecule has 6 rings (SSSR count). The lowest BCUT2D eigenvalue weighted by molar-refractivity contribution is -0.114. The average molecular weight is 687 g/mol. The third kappa shape index (κ3) is 8.52. The molecule has 5 aromatic carbocycles. The molecule has 0 aliphatic carbocycles. The molecule has 1 aromatic heterocycles. The Balaban J connectivity index is 1.11. The van der Waals surface area contributed by atoms with Gasteiger partial charge in [0, 0.05) is 38.7 Å². The van der Waals surface area contributed by atoms with Gasteiger partial charge in [0.1, 0.15) is 17.2 Å². The zero-order chi connectivity index (χ0) is 34.2. The molecular formula is C38H30N4O5S2. The first-order valence-corrected chi connectivity index (χ1v) is 16.9. The zero-order valence-corrected chi connectivity index (χ0v) is 27.8. The number of carbonyl (C=O) groups excluding carboxylic acids is 3. The van der Waals surface area contributed by atoms with Crippen LogP contribution in [0.5, 0.6) is 11.5 Å². The maximum atomic E-state index is 13.5. The van der Waals surface area contributed by atoms with Gasteiger partial charge in [0.2, 0.25) is 5.91 Å². The molecule has 9 nitrogen and oxygen atoms in total. The Morgan fingerprint density at radius 3 is 2.47 bits per heavy atom. The fourth-order valence-electron chi connectivity index (χ4n) is 4.90. The molecular weight excluding hydrogens is 657 g/mol. The van der Waals surface area contributed by atoms with Crippen molar-refractivity contribution in [2.75, 3.05) is 23.5 Å². The molecule has 11 heteroatoms. The van der Waals surface area contributed by atoms with E-state index in [-0.39, 0.29) is 23.1 Å². The van der Waals surface area contributed by atoms with Gasteiger partial charge in [-0.1, -0.05) is 60.7 Å². The van der Waals surface area contributed by atoms with E-state index in [1.165, 1.54) is 48.4 Å². The van der Waals surface area contributed by atoms with E-state index in [0.717, 1.165) is 26.9 Å². The Morgan fingerprint density at radius 1 is 0.857 bits per heavy atom. The summed E-state index contributed by atoms with van der Waals surface area (Å²) >= 11 is 2.67. The third-order valence-electron chi connectivity index (χ3n) is 7.30. The van der Waals surface area contributed by atoms with Gasteiger partial charge in [-0.15, -0.1) is 23.1 Å². The number of benzene rings is 5. The summed E-state index contributed by atoms with van der Waals surface area (Å²) in [5.41, 5.74) is 3.04. The van der Waals surface area contributed by atoms with Gasteiger partial charge in [-0.2, -0.15) is 0 Å². The quantitative estimate of drug-likeness (QED) is 0.0808. The number of carbonyl (C=O) groups is 3. The zero-order valence-electron chi connectivity index (χ0n) is 26.2. The van der Waals surface area contributed by atoms with E-state index < -0.39 is 11.8 Å². The number of phenolic OH excluding ortho intramolecular Hbond substituents is 1. The summed E-state index contributed by atoms with van der Waals surface area (Å²) in [6, 6.07) is 34.3. The number of thiazole rings is 1. The van der Waals surface area contributed by atoms with Gasteiger partial charge in [-0.3, -0.25) is 14.4 Å². The van der Waals surface area contributed by atoms with Crippen LogP contribution in [0.2, 0.25) is 0 Å². The molecule has 0 aliphatic heterocycles. The standard InChI is InChI=1S/C38H30N4O5S2/c1-47-34-21-30(43)17-16-28(34)19-32(40-36(45)25-9-3-2-4-10-25)37(46)39-29-12-7-13-31(20-29)48-23-35(44)42-38-41-33(22-49-38)27-15-14-24-8-5-6-11-26(24)18-27/h2-22,43H,23H2,1H3,(H,39,46)(H,40,45)(H,41,42,44)/b32-19+. The highest BCUT2D eigenvalue weighted by atomic mass is 32.2. The minimum atomic E-state index is -0.578. The lowest BCUT2D eigenvalue weighted by Crippen LogP contribution is -2.30. The number of methoxy groups -OCH3 is 1. The molecule has 0 spiro atoms. The Labute approximate surface area is 290 Å². The third-order valence-corrected chi connectivity index (χ3v) is 9.05. The highest BCUT2D eigenvalue weighted by Crippen LogP contribution is 2.29. The van der Waals surface area contributed by atoms with Crippen molar-refractivity contribution < 1.29 is 24.2 Å². The molecule has 6 aromatic rings. The molecule has 244 valence electrons. The first-order chi connectivity index (χ1) is 23.8. The number of aromatic hydroxyl groups is 1. The molecule has 0 saturated heterocycles. The molecule has 0 bridgehead atoms. The van der Waals surface area contributed by atoms with Gasteiger partial charge in [-0.25, -0.2) is 4.98 Å². The van der Waals surface area contributed by atoms with Crippen molar-refractivity contribution in [3.8, 4) is 22.8 Å². The van der Waals surface area contributed by atoms with Crippen LogP contribution in [0.3, 0.4) is 0 Å². The van der Waals surface area contributed by atoms with Crippen LogP contribution in [0.15, 0.2) is 131 Å². The monoisotopic (exact) mass is 686 g/mol. The van der Waals surface area contributed by atoms with Gasteiger partial charge >= 0.3 is 0 Å². The van der Waals surface area contributed by atoms with Crippen LogP contribution in [0.25, 0.3) is 28.1 Å². The van der Waals surface area contributed by atoms with E-state index in [0.29, 0.717) is 27.7 Å². The minimum absolute atomic E-state index is 0.00580. The van der Waals surface area contributed by atoms with Crippen molar-refractivity contribution in [2.45, 2.75) is 4.90 Å². The van der Waals surface area contributed by atoms with E-state index in [2.05, 4.69) is 45.2 Å². The van der Waals surface area contributed by atoms with Crippen LogP contribution in [0.1, 0.15) is 15.9 Å². The van der Waals surface area contributed by atoms with Crippen molar-refractivity contribution in [1.82, 2.24) is 10.3 Å². The van der Waals surface area contributed by atoms with E-state index in [1.54, 1.807) is 54.6 Å². The SMILES string of the molecule is COc1cc(O)ccc1/C=C(/NC(=O)c1ccccc1)C(=O)Nc1cccc(SCC(=O)Nc2nc(-c3ccc4ccccc4c3)cs2)c1. The largest absolute Gasteiger partial charge is 0.508 e. The van der Waals surface area contributed by atoms with Gasteiger partial charge < -0.3 is 25.8 Å². The van der Waals surface area contributed by atoms with Crippen LogP contribution < -0.4 is 20.7 Å². The fourth-order valence-corrected chi connectivity index (χ4v) is 6.39. The molecule has 4 N–H and O–H groups in total. The van der Waals surface area contributed by atoms with Crippen molar-refractivity contribution >= 4 is 68.5 Å².